The molecule has 2 aromatic heterocycles. The highest BCUT2D eigenvalue weighted by molar-refractivity contribution is 5.71. The van der Waals surface area contributed by atoms with Gasteiger partial charge in [0.15, 0.2) is 0 Å². The first-order chi connectivity index (χ1) is 13.5. The minimum Gasteiger partial charge on any atom is -0.457 e. The van der Waals surface area contributed by atoms with Gasteiger partial charge >= 0.3 is 0 Å². The van der Waals surface area contributed by atoms with Crippen LogP contribution in [0.1, 0.15) is 31.0 Å². The van der Waals surface area contributed by atoms with Crippen molar-refractivity contribution in [1.29, 1.82) is 5.26 Å². The van der Waals surface area contributed by atoms with Crippen LogP contribution in [-0.4, -0.2) is 9.55 Å². The molecule has 3 rings (SSSR count). The van der Waals surface area contributed by atoms with Gasteiger partial charge in [0.2, 0.25) is 0 Å². The first kappa shape index (κ1) is 19.3. The molecule has 0 saturated heterocycles. The maximum atomic E-state index is 14.8. The number of hydrogen-bond donors (Lipinski definition) is 0. The second kappa shape index (κ2) is 8.49. The van der Waals surface area contributed by atoms with Gasteiger partial charge in [0.05, 0.1) is 0 Å². The number of aryl methyl sites for hydroxylation is 2. The van der Waals surface area contributed by atoms with Gasteiger partial charge in [0, 0.05) is 47.9 Å². The number of ether oxygens (including phenoxy) is 1. The molecule has 2 heterocycles. The van der Waals surface area contributed by atoms with E-state index < -0.39 is 11.4 Å². The molecule has 0 radical (unpaired) electrons. The second-order valence-electron chi connectivity index (χ2n) is 6.44. The molecule has 0 aliphatic carbocycles. The van der Waals surface area contributed by atoms with Crippen molar-refractivity contribution in [2.24, 2.45) is 0 Å². The Morgan fingerprint density at radius 2 is 1.96 bits per heavy atom. The van der Waals surface area contributed by atoms with E-state index in [4.69, 9.17) is 4.74 Å². The lowest BCUT2D eigenvalue weighted by Crippen LogP contribution is -2.23. The lowest BCUT2D eigenvalue weighted by Gasteiger charge is -2.11. The van der Waals surface area contributed by atoms with E-state index in [-0.39, 0.29) is 16.7 Å². The van der Waals surface area contributed by atoms with Gasteiger partial charge in [-0.2, -0.15) is 5.26 Å². The number of rotatable bonds is 6. The largest absolute Gasteiger partial charge is 0.457 e. The standard InChI is InChI=1S/C22H20FN3O2/c1-3-4-10-26-11-8-18(20(14-24)22(26)27)19-6-5-16(13-21(19)23)28-17-7-9-25-15(2)12-17/h5-9,11-13H,3-4,10H2,1-2H3. The summed E-state index contributed by atoms with van der Waals surface area (Å²) >= 11 is 0. The van der Waals surface area contributed by atoms with E-state index in [1.165, 1.54) is 16.7 Å². The predicted molar refractivity (Wildman–Crippen MR) is 105 cm³/mol. The first-order valence-corrected chi connectivity index (χ1v) is 9.07. The minimum absolute atomic E-state index is 0.0593. The molecule has 0 atom stereocenters. The summed E-state index contributed by atoms with van der Waals surface area (Å²) in [7, 11) is 0. The molecule has 0 bridgehead atoms. The molecule has 0 saturated carbocycles. The normalized spacial score (nSPS) is 10.5. The van der Waals surface area contributed by atoms with E-state index in [0.717, 1.165) is 18.5 Å². The van der Waals surface area contributed by atoms with Gasteiger partial charge in [-0.3, -0.25) is 9.78 Å². The van der Waals surface area contributed by atoms with Crippen LogP contribution in [0.3, 0.4) is 0 Å². The van der Waals surface area contributed by atoms with Crippen molar-refractivity contribution < 1.29 is 9.13 Å². The number of halogens is 1. The molecular weight excluding hydrogens is 357 g/mol. The molecule has 0 aliphatic rings. The van der Waals surface area contributed by atoms with Crippen LogP contribution in [0.2, 0.25) is 0 Å². The summed E-state index contributed by atoms with van der Waals surface area (Å²) in [5, 5.41) is 9.46. The Balaban J connectivity index is 1.95. The fourth-order valence-corrected chi connectivity index (χ4v) is 2.91. The molecule has 1 aromatic carbocycles. The van der Waals surface area contributed by atoms with Crippen LogP contribution in [-0.2, 0) is 6.54 Å². The van der Waals surface area contributed by atoms with Gasteiger partial charge in [-0.15, -0.1) is 0 Å². The molecular formula is C22H20FN3O2. The SMILES string of the molecule is CCCCn1ccc(-c2ccc(Oc3ccnc(C)c3)cc2F)c(C#N)c1=O. The molecule has 3 aromatic rings. The molecule has 6 heteroatoms. The Bertz CT molecular complexity index is 1100. The summed E-state index contributed by atoms with van der Waals surface area (Å²) in [5.41, 5.74) is 0.798. The molecule has 0 fully saturated rings. The average Bonchev–Trinajstić information content (AvgIpc) is 2.67. The molecule has 142 valence electrons. The second-order valence-corrected chi connectivity index (χ2v) is 6.44. The van der Waals surface area contributed by atoms with Crippen molar-refractivity contribution in [2.75, 3.05) is 0 Å². The first-order valence-electron chi connectivity index (χ1n) is 9.07. The maximum absolute atomic E-state index is 14.8. The number of pyridine rings is 2. The summed E-state index contributed by atoms with van der Waals surface area (Å²) in [5.74, 6) is 0.308. The van der Waals surface area contributed by atoms with E-state index in [1.54, 1.807) is 36.7 Å². The van der Waals surface area contributed by atoms with Crippen LogP contribution in [0.15, 0.2) is 53.6 Å². The number of aromatic nitrogens is 2. The molecule has 5 nitrogen and oxygen atoms in total. The Kier molecular flexibility index (Phi) is 5.85. The van der Waals surface area contributed by atoms with Crippen LogP contribution < -0.4 is 10.3 Å². The number of nitriles is 1. The third-order valence-corrected chi connectivity index (χ3v) is 4.36. The molecule has 28 heavy (non-hydrogen) atoms. The molecule has 0 N–H and O–H groups in total. The predicted octanol–water partition coefficient (Wildman–Crippen LogP) is 4.82. The van der Waals surface area contributed by atoms with Crippen LogP contribution in [0.4, 0.5) is 4.39 Å². The lowest BCUT2D eigenvalue weighted by molar-refractivity contribution is 0.476. The fraction of sp³-hybridized carbons (Fsp3) is 0.227. The lowest BCUT2D eigenvalue weighted by atomic mass is 10.0. The van der Waals surface area contributed by atoms with Gasteiger partial charge in [0.1, 0.15) is 28.9 Å². The minimum atomic E-state index is -0.564. The summed E-state index contributed by atoms with van der Waals surface area (Å²) in [6, 6.07) is 11.3. The summed E-state index contributed by atoms with van der Waals surface area (Å²) in [6.45, 7) is 4.39. The Morgan fingerprint density at radius 3 is 2.64 bits per heavy atom. The molecule has 0 aliphatic heterocycles. The number of nitrogens with zero attached hydrogens (tertiary/aromatic N) is 3. The van der Waals surface area contributed by atoms with Crippen LogP contribution in [0.5, 0.6) is 11.5 Å². The quantitative estimate of drug-likeness (QED) is 0.617. The van der Waals surface area contributed by atoms with Crippen LogP contribution >= 0.6 is 0 Å². The monoisotopic (exact) mass is 377 g/mol. The van der Waals surface area contributed by atoms with Gasteiger partial charge < -0.3 is 9.30 Å². The number of benzene rings is 1. The van der Waals surface area contributed by atoms with Crippen molar-refractivity contribution in [1.82, 2.24) is 9.55 Å². The number of unbranched alkanes of at least 4 members (excludes halogenated alkanes) is 1. The van der Waals surface area contributed by atoms with Gasteiger partial charge in [0.25, 0.3) is 5.56 Å². The Morgan fingerprint density at radius 1 is 1.18 bits per heavy atom. The zero-order chi connectivity index (χ0) is 20.1. The van der Waals surface area contributed by atoms with Crippen LogP contribution in [0, 0.1) is 24.1 Å². The van der Waals surface area contributed by atoms with Gasteiger partial charge in [-0.25, -0.2) is 4.39 Å². The summed E-state index contributed by atoms with van der Waals surface area (Å²) in [6.07, 6.45) is 4.99. The van der Waals surface area contributed by atoms with Gasteiger partial charge in [-0.05, 0) is 37.6 Å². The van der Waals surface area contributed by atoms with Crippen molar-refractivity contribution in [3.63, 3.8) is 0 Å². The highest BCUT2D eigenvalue weighted by Crippen LogP contribution is 2.29. The zero-order valence-corrected chi connectivity index (χ0v) is 15.8. The van der Waals surface area contributed by atoms with E-state index >= 15 is 0 Å². The average molecular weight is 377 g/mol. The van der Waals surface area contributed by atoms with Gasteiger partial charge in [-0.1, -0.05) is 13.3 Å². The highest BCUT2D eigenvalue weighted by Gasteiger charge is 2.15. The maximum Gasteiger partial charge on any atom is 0.269 e. The van der Waals surface area contributed by atoms with Crippen LogP contribution in [0.25, 0.3) is 11.1 Å². The van der Waals surface area contributed by atoms with Crippen molar-refractivity contribution in [3.8, 4) is 28.7 Å². The third-order valence-electron chi connectivity index (χ3n) is 4.36. The molecule has 0 unspecified atom stereocenters. The molecule has 0 spiro atoms. The van der Waals surface area contributed by atoms with E-state index in [1.807, 2.05) is 19.9 Å². The zero-order valence-electron chi connectivity index (χ0n) is 15.8. The topological polar surface area (TPSA) is 67.9 Å². The Labute approximate surface area is 162 Å². The van der Waals surface area contributed by atoms with Crippen molar-refractivity contribution >= 4 is 0 Å². The van der Waals surface area contributed by atoms with E-state index in [0.29, 0.717) is 18.0 Å². The van der Waals surface area contributed by atoms with Crippen molar-refractivity contribution in [2.45, 2.75) is 33.2 Å². The summed E-state index contributed by atoms with van der Waals surface area (Å²) < 4.78 is 21.9. The van der Waals surface area contributed by atoms with Crippen molar-refractivity contribution in [3.05, 3.63) is 76.2 Å². The fourth-order valence-electron chi connectivity index (χ4n) is 2.91. The highest BCUT2D eigenvalue weighted by atomic mass is 19.1. The Hall–Kier alpha value is -3.46. The smallest absolute Gasteiger partial charge is 0.269 e. The van der Waals surface area contributed by atoms with E-state index in [2.05, 4.69) is 4.98 Å². The molecule has 0 amide bonds. The van der Waals surface area contributed by atoms with E-state index in [9.17, 15) is 14.4 Å². The third kappa shape index (κ3) is 4.09. The summed E-state index contributed by atoms with van der Waals surface area (Å²) in [4.78, 5) is 16.6. The number of hydrogen-bond acceptors (Lipinski definition) is 4.